The van der Waals surface area contributed by atoms with Crippen LogP contribution in [-0.2, 0) is 11.2 Å². The van der Waals surface area contributed by atoms with E-state index in [-0.39, 0.29) is 5.91 Å². The number of hydrogen-bond acceptors (Lipinski definition) is 4. The molecule has 5 nitrogen and oxygen atoms in total. The summed E-state index contributed by atoms with van der Waals surface area (Å²) in [6, 6.07) is 5.98. The lowest BCUT2D eigenvalue weighted by Gasteiger charge is -2.28. The van der Waals surface area contributed by atoms with Crippen LogP contribution in [0.3, 0.4) is 0 Å². The fourth-order valence-electron chi connectivity index (χ4n) is 4.64. The fraction of sp³-hybridized carbons (Fsp3) is 0.682. The average molecular weight is 373 g/mol. The number of hydrogen-bond donors (Lipinski definition) is 0. The van der Waals surface area contributed by atoms with E-state index in [9.17, 15) is 4.79 Å². The maximum absolute atomic E-state index is 12.7. The molecule has 1 saturated heterocycles. The molecule has 0 radical (unpaired) electrons. The zero-order valence-electron chi connectivity index (χ0n) is 16.3. The smallest absolute Gasteiger partial charge is 0.231 e. The molecule has 148 valence electrons. The topological polar surface area (TPSA) is 42.0 Å². The van der Waals surface area contributed by atoms with Crippen molar-refractivity contribution in [1.29, 1.82) is 0 Å². The summed E-state index contributed by atoms with van der Waals surface area (Å²) in [5, 5.41) is 0. The van der Waals surface area contributed by atoms with Crippen molar-refractivity contribution in [3.63, 3.8) is 0 Å². The van der Waals surface area contributed by atoms with E-state index >= 15 is 0 Å². The van der Waals surface area contributed by atoms with Gasteiger partial charge in [0.25, 0.3) is 0 Å². The molecule has 2 heterocycles. The molecule has 0 spiro atoms. The van der Waals surface area contributed by atoms with E-state index in [1.54, 1.807) is 0 Å². The number of nitrogens with zero attached hydrogens (tertiary/aromatic N) is 2. The molecular formula is C22H32N2O3. The predicted molar refractivity (Wildman–Crippen MR) is 105 cm³/mol. The summed E-state index contributed by atoms with van der Waals surface area (Å²) in [6.45, 7) is 5.49. The van der Waals surface area contributed by atoms with Crippen LogP contribution in [0.4, 0.5) is 0 Å². The van der Waals surface area contributed by atoms with E-state index < -0.39 is 0 Å². The Hall–Kier alpha value is -1.75. The van der Waals surface area contributed by atoms with Gasteiger partial charge in [0.2, 0.25) is 12.7 Å². The minimum Gasteiger partial charge on any atom is -0.454 e. The van der Waals surface area contributed by atoms with Crippen molar-refractivity contribution in [2.24, 2.45) is 5.92 Å². The molecule has 2 aliphatic heterocycles. The first-order valence-electron chi connectivity index (χ1n) is 10.7. The highest BCUT2D eigenvalue weighted by Gasteiger charge is 2.22. The first-order valence-corrected chi connectivity index (χ1v) is 10.7. The second kappa shape index (κ2) is 8.96. The number of benzene rings is 1. The normalized spacial score (nSPS) is 21.3. The molecule has 0 unspecified atom stereocenters. The lowest BCUT2D eigenvalue weighted by molar-refractivity contribution is -0.131. The largest absolute Gasteiger partial charge is 0.454 e. The van der Waals surface area contributed by atoms with Gasteiger partial charge < -0.3 is 19.3 Å². The minimum absolute atomic E-state index is 0.284. The Kier molecular flexibility index (Phi) is 6.17. The van der Waals surface area contributed by atoms with Gasteiger partial charge in [0.15, 0.2) is 11.5 Å². The van der Waals surface area contributed by atoms with Crippen LogP contribution in [0.25, 0.3) is 0 Å². The van der Waals surface area contributed by atoms with Gasteiger partial charge in [-0.1, -0.05) is 25.3 Å². The summed E-state index contributed by atoms with van der Waals surface area (Å²) in [6.07, 6.45) is 9.46. The zero-order valence-corrected chi connectivity index (χ0v) is 16.3. The van der Waals surface area contributed by atoms with E-state index in [1.807, 2.05) is 18.2 Å². The highest BCUT2D eigenvalue weighted by atomic mass is 16.7. The first-order chi connectivity index (χ1) is 13.3. The Bertz CT molecular complexity index is 642. The molecule has 1 aliphatic carbocycles. The Morgan fingerprint density at radius 2 is 1.81 bits per heavy atom. The Morgan fingerprint density at radius 3 is 2.70 bits per heavy atom. The molecule has 5 heteroatoms. The number of carbonyl (C=O) groups excluding carboxylic acids is 1. The second-order valence-corrected chi connectivity index (χ2v) is 8.23. The fourth-order valence-corrected chi connectivity index (χ4v) is 4.64. The van der Waals surface area contributed by atoms with Gasteiger partial charge >= 0.3 is 0 Å². The molecule has 3 aliphatic rings. The van der Waals surface area contributed by atoms with Crippen molar-refractivity contribution in [1.82, 2.24) is 9.80 Å². The highest BCUT2D eigenvalue weighted by Crippen LogP contribution is 2.32. The first kappa shape index (κ1) is 18.6. The lowest BCUT2D eigenvalue weighted by Crippen LogP contribution is -2.37. The van der Waals surface area contributed by atoms with Crippen LogP contribution in [0.2, 0.25) is 0 Å². The summed E-state index contributed by atoms with van der Waals surface area (Å²) < 4.78 is 10.8. The highest BCUT2D eigenvalue weighted by molar-refractivity contribution is 5.76. The molecule has 0 aromatic heterocycles. The Morgan fingerprint density at radius 1 is 0.963 bits per heavy atom. The van der Waals surface area contributed by atoms with Gasteiger partial charge in [-0.2, -0.15) is 0 Å². The van der Waals surface area contributed by atoms with E-state index in [0.29, 0.717) is 13.2 Å². The average Bonchev–Trinajstić information content (AvgIpc) is 3.04. The van der Waals surface area contributed by atoms with Gasteiger partial charge in [-0.15, -0.1) is 0 Å². The third kappa shape index (κ3) is 4.95. The molecule has 0 bridgehead atoms. The van der Waals surface area contributed by atoms with Gasteiger partial charge in [-0.3, -0.25) is 4.79 Å². The summed E-state index contributed by atoms with van der Waals surface area (Å²) in [4.78, 5) is 17.4. The van der Waals surface area contributed by atoms with Gasteiger partial charge in [0, 0.05) is 32.6 Å². The van der Waals surface area contributed by atoms with Gasteiger partial charge in [0.1, 0.15) is 0 Å². The number of amides is 1. The van der Waals surface area contributed by atoms with Crippen LogP contribution in [0.5, 0.6) is 11.5 Å². The molecular weight excluding hydrogens is 340 g/mol. The maximum atomic E-state index is 12.7. The molecule has 1 saturated carbocycles. The van der Waals surface area contributed by atoms with Gasteiger partial charge in [-0.05, 0) is 55.8 Å². The van der Waals surface area contributed by atoms with E-state index in [1.165, 1.54) is 38.6 Å². The molecule has 2 fully saturated rings. The summed E-state index contributed by atoms with van der Waals surface area (Å²) in [5.41, 5.74) is 1.14. The third-order valence-corrected chi connectivity index (χ3v) is 6.25. The molecule has 0 N–H and O–H groups in total. The SMILES string of the molecule is O=C(CCc1ccc2c(c1)OCO2)N1CCCN(CC2CCCCC2)CC1. The molecule has 0 atom stereocenters. The van der Waals surface area contributed by atoms with Gasteiger partial charge in [-0.25, -0.2) is 0 Å². The molecule has 1 amide bonds. The quantitative estimate of drug-likeness (QED) is 0.794. The maximum Gasteiger partial charge on any atom is 0.231 e. The number of rotatable bonds is 5. The third-order valence-electron chi connectivity index (χ3n) is 6.25. The number of ether oxygens (including phenoxy) is 2. The van der Waals surface area contributed by atoms with Crippen LogP contribution in [-0.4, -0.2) is 55.2 Å². The van der Waals surface area contributed by atoms with Crippen LogP contribution in [0.15, 0.2) is 18.2 Å². The van der Waals surface area contributed by atoms with E-state index in [4.69, 9.17) is 9.47 Å². The monoisotopic (exact) mass is 372 g/mol. The minimum atomic E-state index is 0.284. The number of aryl methyl sites for hydroxylation is 1. The summed E-state index contributed by atoms with van der Waals surface area (Å²) >= 11 is 0. The zero-order chi connectivity index (χ0) is 18.5. The van der Waals surface area contributed by atoms with Crippen molar-refractivity contribution in [2.75, 3.05) is 39.5 Å². The van der Waals surface area contributed by atoms with E-state index in [0.717, 1.165) is 62.0 Å². The van der Waals surface area contributed by atoms with Crippen LogP contribution >= 0.6 is 0 Å². The van der Waals surface area contributed by atoms with Crippen molar-refractivity contribution in [3.05, 3.63) is 23.8 Å². The standard InChI is InChI=1S/C22H32N2O3/c25-22(10-8-18-7-9-20-21(15-18)27-17-26-20)24-12-4-11-23(13-14-24)16-19-5-2-1-3-6-19/h7,9,15,19H,1-6,8,10-14,16-17H2. The van der Waals surface area contributed by atoms with Crippen LogP contribution in [0, 0.1) is 5.92 Å². The van der Waals surface area contributed by atoms with Crippen LogP contribution < -0.4 is 9.47 Å². The summed E-state index contributed by atoms with van der Waals surface area (Å²) in [7, 11) is 0. The summed E-state index contributed by atoms with van der Waals surface area (Å²) in [5.74, 6) is 2.77. The predicted octanol–water partition coefficient (Wildman–Crippen LogP) is 3.46. The lowest BCUT2D eigenvalue weighted by atomic mass is 9.89. The van der Waals surface area contributed by atoms with Crippen molar-refractivity contribution in [3.8, 4) is 11.5 Å². The van der Waals surface area contributed by atoms with Gasteiger partial charge in [0.05, 0.1) is 0 Å². The number of carbonyl (C=O) groups is 1. The number of fused-ring (bicyclic) bond motifs is 1. The van der Waals surface area contributed by atoms with Crippen molar-refractivity contribution < 1.29 is 14.3 Å². The second-order valence-electron chi connectivity index (χ2n) is 8.23. The van der Waals surface area contributed by atoms with Crippen LogP contribution in [0.1, 0.15) is 50.5 Å². The molecule has 27 heavy (non-hydrogen) atoms. The van der Waals surface area contributed by atoms with E-state index in [2.05, 4.69) is 9.80 Å². The Labute approximate surface area is 162 Å². The molecule has 4 rings (SSSR count). The molecule has 1 aromatic carbocycles. The Balaban J connectivity index is 1.23. The van der Waals surface area contributed by atoms with Crippen molar-refractivity contribution in [2.45, 2.75) is 51.4 Å². The van der Waals surface area contributed by atoms with Crippen molar-refractivity contribution >= 4 is 5.91 Å². The molecule has 1 aromatic rings.